The molecule has 1 aromatic rings. The molecule has 0 aromatic heterocycles. The molecule has 1 saturated heterocycles. The summed E-state index contributed by atoms with van der Waals surface area (Å²) in [5.74, 6) is 0.246. The Morgan fingerprint density at radius 3 is 2.33 bits per heavy atom. The second-order valence-electron chi connectivity index (χ2n) is 6.06. The summed E-state index contributed by atoms with van der Waals surface area (Å²) in [5, 5.41) is 4.25. The van der Waals surface area contributed by atoms with Gasteiger partial charge in [-0.15, -0.1) is 0 Å². The van der Waals surface area contributed by atoms with E-state index in [4.69, 9.17) is 0 Å². The second-order valence-corrected chi connectivity index (χ2v) is 6.06. The van der Waals surface area contributed by atoms with Gasteiger partial charge in [-0.05, 0) is 44.2 Å². The highest BCUT2D eigenvalue weighted by Gasteiger charge is 2.26. The van der Waals surface area contributed by atoms with E-state index in [1.807, 2.05) is 5.01 Å². The molecule has 3 nitrogen and oxygen atoms in total. The minimum Gasteiger partial charge on any atom is -0.273 e. The van der Waals surface area contributed by atoms with Gasteiger partial charge in [0.15, 0.2) is 0 Å². The number of para-hydroxylation sites is 1. The lowest BCUT2D eigenvalue weighted by Crippen LogP contribution is -2.49. The lowest BCUT2D eigenvalue weighted by atomic mass is 10.1. The van der Waals surface area contributed by atoms with Crippen LogP contribution in [0.3, 0.4) is 0 Å². The molecule has 0 spiro atoms. The van der Waals surface area contributed by atoms with E-state index in [2.05, 4.69) is 44.0 Å². The van der Waals surface area contributed by atoms with E-state index in [0.717, 1.165) is 31.6 Å². The molecule has 0 N–H and O–H groups in total. The summed E-state index contributed by atoms with van der Waals surface area (Å²) in [5.41, 5.74) is 3.47. The number of anilines is 1. The maximum absolute atomic E-state index is 12.8. The molecule has 0 unspecified atom stereocenters. The summed E-state index contributed by atoms with van der Waals surface area (Å²) in [6.07, 6.45) is 6.31. The average Bonchev–Trinajstić information content (AvgIpc) is 2.49. The van der Waals surface area contributed by atoms with Gasteiger partial charge in [0.1, 0.15) is 0 Å². The SMILES string of the molecule is CCCCC(=O)N(c1c(C)cccc1C)N1CCCCC1. The first-order valence-electron chi connectivity index (χ1n) is 8.29. The number of aryl methyl sites for hydroxylation is 2. The number of carbonyl (C=O) groups excluding carboxylic acids is 1. The average molecular weight is 288 g/mol. The number of carbonyl (C=O) groups is 1. The number of amides is 1. The first-order valence-corrected chi connectivity index (χ1v) is 8.29. The molecule has 3 heteroatoms. The van der Waals surface area contributed by atoms with Crippen LogP contribution < -0.4 is 5.01 Å². The van der Waals surface area contributed by atoms with Crippen LogP contribution in [0.5, 0.6) is 0 Å². The summed E-state index contributed by atoms with van der Waals surface area (Å²) < 4.78 is 0. The molecular formula is C18H28N2O. The Morgan fingerprint density at radius 2 is 1.76 bits per heavy atom. The number of piperidine rings is 1. The van der Waals surface area contributed by atoms with E-state index in [1.165, 1.54) is 30.4 Å². The van der Waals surface area contributed by atoms with E-state index in [9.17, 15) is 4.79 Å². The molecule has 21 heavy (non-hydrogen) atoms. The fraction of sp³-hybridized carbons (Fsp3) is 0.611. The predicted molar refractivity (Wildman–Crippen MR) is 88.4 cm³/mol. The van der Waals surface area contributed by atoms with Gasteiger partial charge < -0.3 is 0 Å². The molecule has 1 fully saturated rings. The minimum atomic E-state index is 0.246. The number of benzene rings is 1. The van der Waals surface area contributed by atoms with Crippen molar-refractivity contribution >= 4 is 11.6 Å². The van der Waals surface area contributed by atoms with E-state index >= 15 is 0 Å². The number of hydrogen-bond acceptors (Lipinski definition) is 2. The second kappa shape index (κ2) is 7.60. The summed E-state index contributed by atoms with van der Waals surface area (Å²) in [4.78, 5) is 12.8. The van der Waals surface area contributed by atoms with E-state index < -0.39 is 0 Å². The highest BCUT2D eigenvalue weighted by molar-refractivity contribution is 5.94. The van der Waals surface area contributed by atoms with Crippen molar-refractivity contribution in [2.24, 2.45) is 0 Å². The molecule has 1 amide bonds. The molecule has 1 aliphatic rings. The zero-order chi connectivity index (χ0) is 15.2. The summed E-state index contributed by atoms with van der Waals surface area (Å²) in [6, 6.07) is 6.28. The number of hydrogen-bond donors (Lipinski definition) is 0. The van der Waals surface area contributed by atoms with E-state index in [0.29, 0.717) is 6.42 Å². The Morgan fingerprint density at radius 1 is 1.14 bits per heavy atom. The van der Waals surface area contributed by atoms with Gasteiger partial charge in [0.2, 0.25) is 5.91 Å². The van der Waals surface area contributed by atoms with Gasteiger partial charge >= 0.3 is 0 Å². The van der Waals surface area contributed by atoms with Gasteiger partial charge in [0.05, 0.1) is 5.69 Å². The van der Waals surface area contributed by atoms with Crippen molar-refractivity contribution in [2.45, 2.75) is 59.3 Å². The normalized spacial score (nSPS) is 16.0. The van der Waals surface area contributed by atoms with E-state index in [-0.39, 0.29) is 5.91 Å². The summed E-state index contributed by atoms with van der Waals surface area (Å²) in [6.45, 7) is 8.33. The van der Waals surface area contributed by atoms with Crippen molar-refractivity contribution in [1.29, 1.82) is 0 Å². The topological polar surface area (TPSA) is 23.6 Å². The third-order valence-corrected chi connectivity index (χ3v) is 4.25. The fourth-order valence-corrected chi connectivity index (χ4v) is 3.07. The Labute approximate surface area is 128 Å². The van der Waals surface area contributed by atoms with Gasteiger partial charge in [0.25, 0.3) is 0 Å². The molecule has 0 bridgehead atoms. The third-order valence-electron chi connectivity index (χ3n) is 4.25. The molecule has 0 radical (unpaired) electrons. The first kappa shape index (κ1) is 16.0. The van der Waals surface area contributed by atoms with Crippen LogP contribution >= 0.6 is 0 Å². The molecule has 116 valence electrons. The molecule has 0 atom stereocenters. The number of rotatable bonds is 5. The molecular weight excluding hydrogens is 260 g/mol. The first-order chi connectivity index (χ1) is 10.1. The Balaban J connectivity index is 2.32. The third kappa shape index (κ3) is 3.85. The van der Waals surface area contributed by atoms with Crippen LogP contribution in [0, 0.1) is 13.8 Å². The Kier molecular flexibility index (Phi) is 5.80. The van der Waals surface area contributed by atoms with Crippen molar-refractivity contribution in [1.82, 2.24) is 5.01 Å². The van der Waals surface area contributed by atoms with Gasteiger partial charge in [-0.2, -0.15) is 0 Å². The Bertz CT molecular complexity index is 458. The number of unbranched alkanes of at least 4 members (excludes halogenated alkanes) is 1. The highest BCUT2D eigenvalue weighted by atomic mass is 16.2. The van der Waals surface area contributed by atoms with Gasteiger partial charge in [-0.1, -0.05) is 38.0 Å². The van der Waals surface area contributed by atoms with E-state index in [1.54, 1.807) is 0 Å². The van der Waals surface area contributed by atoms with Crippen LogP contribution in [0.1, 0.15) is 56.6 Å². The predicted octanol–water partition coefficient (Wildman–Crippen LogP) is 4.23. The van der Waals surface area contributed by atoms with Crippen molar-refractivity contribution in [2.75, 3.05) is 18.1 Å². The van der Waals surface area contributed by atoms with Crippen LogP contribution in [0.2, 0.25) is 0 Å². The van der Waals surface area contributed by atoms with Crippen molar-refractivity contribution in [3.05, 3.63) is 29.3 Å². The quantitative estimate of drug-likeness (QED) is 0.809. The van der Waals surface area contributed by atoms with Crippen molar-refractivity contribution in [3.63, 3.8) is 0 Å². The zero-order valence-electron chi connectivity index (χ0n) is 13.7. The number of nitrogens with zero attached hydrogens (tertiary/aromatic N) is 2. The maximum atomic E-state index is 12.8. The zero-order valence-corrected chi connectivity index (χ0v) is 13.7. The molecule has 0 saturated carbocycles. The molecule has 1 aromatic carbocycles. The molecule has 2 rings (SSSR count). The standard InChI is InChI=1S/C18H28N2O/c1-4-5-12-17(21)20(19-13-7-6-8-14-19)18-15(2)10-9-11-16(18)3/h9-11H,4-8,12-14H2,1-3H3. The van der Waals surface area contributed by atoms with Crippen LogP contribution in [-0.2, 0) is 4.79 Å². The van der Waals surface area contributed by atoms with Gasteiger partial charge in [-0.3, -0.25) is 4.79 Å². The van der Waals surface area contributed by atoms with Crippen LogP contribution in [-0.4, -0.2) is 24.0 Å². The lowest BCUT2D eigenvalue weighted by Gasteiger charge is -2.39. The van der Waals surface area contributed by atoms with Crippen molar-refractivity contribution < 1.29 is 4.79 Å². The number of hydrazine groups is 1. The van der Waals surface area contributed by atoms with Crippen LogP contribution in [0.25, 0.3) is 0 Å². The fourth-order valence-electron chi connectivity index (χ4n) is 3.07. The molecule has 1 aliphatic heterocycles. The molecule has 0 aliphatic carbocycles. The smallest absolute Gasteiger partial charge is 0.241 e. The van der Waals surface area contributed by atoms with Crippen LogP contribution in [0.15, 0.2) is 18.2 Å². The van der Waals surface area contributed by atoms with Gasteiger partial charge in [0, 0.05) is 19.5 Å². The Hall–Kier alpha value is -1.35. The van der Waals surface area contributed by atoms with Gasteiger partial charge in [-0.25, -0.2) is 10.0 Å². The van der Waals surface area contributed by atoms with Crippen molar-refractivity contribution in [3.8, 4) is 0 Å². The monoisotopic (exact) mass is 288 g/mol. The molecule has 1 heterocycles. The lowest BCUT2D eigenvalue weighted by molar-refractivity contribution is -0.122. The summed E-state index contributed by atoms with van der Waals surface area (Å²) in [7, 11) is 0. The van der Waals surface area contributed by atoms with Crippen LogP contribution in [0.4, 0.5) is 5.69 Å². The summed E-state index contributed by atoms with van der Waals surface area (Å²) >= 11 is 0. The highest BCUT2D eigenvalue weighted by Crippen LogP contribution is 2.28. The minimum absolute atomic E-state index is 0.246. The largest absolute Gasteiger partial charge is 0.273 e. The maximum Gasteiger partial charge on any atom is 0.241 e.